The van der Waals surface area contributed by atoms with E-state index < -0.39 is 0 Å². The van der Waals surface area contributed by atoms with E-state index in [1.807, 2.05) is 31.2 Å². The summed E-state index contributed by atoms with van der Waals surface area (Å²) in [6.07, 6.45) is 3.57. The van der Waals surface area contributed by atoms with E-state index in [4.69, 9.17) is 0 Å². The molecule has 0 spiro atoms. The molecule has 0 atom stereocenters. The number of rotatable bonds is 1. The van der Waals surface area contributed by atoms with Gasteiger partial charge in [-0.15, -0.1) is 0 Å². The van der Waals surface area contributed by atoms with E-state index in [9.17, 15) is 0 Å². The van der Waals surface area contributed by atoms with Crippen molar-refractivity contribution >= 4 is 15.9 Å². The second-order valence-electron chi connectivity index (χ2n) is 3.05. The van der Waals surface area contributed by atoms with Gasteiger partial charge in [-0.25, -0.2) is 0 Å². The Morgan fingerprint density at radius 3 is 2.29 bits per heavy atom. The van der Waals surface area contributed by atoms with Crippen LogP contribution in [0.5, 0.6) is 0 Å². The summed E-state index contributed by atoms with van der Waals surface area (Å²) in [7, 11) is 0. The number of hydrogen-bond donors (Lipinski definition) is 0. The maximum Gasteiger partial charge on any atom is 0.0885 e. The Bertz CT molecular complexity index is 377. The van der Waals surface area contributed by atoms with Crippen LogP contribution in [0, 0.1) is 6.92 Å². The summed E-state index contributed by atoms with van der Waals surface area (Å²) >= 11 is 3.39. The molecule has 0 aliphatic heterocycles. The van der Waals surface area contributed by atoms with Crippen molar-refractivity contribution < 1.29 is 0 Å². The molecule has 0 N–H and O–H groups in total. The fourth-order valence-corrected chi connectivity index (χ4v) is 1.43. The van der Waals surface area contributed by atoms with Gasteiger partial charge in [0.15, 0.2) is 0 Å². The minimum atomic E-state index is 0.906. The zero-order valence-corrected chi connectivity index (χ0v) is 9.32. The zero-order chi connectivity index (χ0) is 9.97. The minimum Gasteiger partial charge on any atom is -0.258 e. The van der Waals surface area contributed by atoms with Gasteiger partial charge in [-0.2, -0.15) is 0 Å². The summed E-state index contributed by atoms with van der Waals surface area (Å²) in [4.78, 5) is 8.50. The molecule has 0 bridgehead atoms. The van der Waals surface area contributed by atoms with Gasteiger partial charge in [0.1, 0.15) is 0 Å². The molecule has 0 saturated heterocycles. The van der Waals surface area contributed by atoms with E-state index in [1.165, 1.54) is 0 Å². The Morgan fingerprint density at radius 1 is 1.00 bits per heavy atom. The summed E-state index contributed by atoms with van der Waals surface area (Å²) < 4.78 is 1.07. The van der Waals surface area contributed by atoms with Crippen molar-refractivity contribution in [1.82, 2.24) is 9.97 Å². The molecule has 70 valence electrons. The lowest BCUT2D eigenvalue weighted by atomic mass is 10.2. The normalized spacial score (nSPS) is 10.1. The number of hydrogen-bond acceptors (Lipinski definition) is 2. The molecule has 1 aromatic heterocycles. The van der Waals surface area contributed by atoms with Crippen LogP contribution in [0.3, 0.4) is 0 Å². The van der Waals surface area contributed by atoms with Crippen LogP contribution in [-0.4, -0.2) is 9.97 Å². The molecule has 1 heterocycles. The summed E-state index contributed by atoms with van der Waals surface area (Å²) in [6.45, 7) is 1.93. The second kappa shape index (κ2) is 3.88. The Hall–Kier alpha value is -1.22. The first-order chi connectivity index (χ1) is 6.75. The highest BCUT2D eigenvalue weighted by Crippen LogP contribution is 2.18. The standard InChI is InChI=1S/C11H9BrN2/c1-8-6-14-11(7-13-8)9-2-4-10(12)5-3-9/h2-7H,1H3. The quantitative estimate of drug-likeness (QED) is 0.775. The molecule has 1 aromatic carbocycles. The van der Waals surface area contributed by atoms with Gasteiger partial charge in [0.05, 0.1) is 17.6 Å². The molecule has 3 heteroatoms. The van der Waals surface area contributed by atoms with Crippen molar-refractivity contribution in [1.29, 1.82) is 0 Å². The SMILES string of the molecule is Cc1cnc(-c2ccc(Br)cc2)cn1. The average molecular weight is 249 g/mol. The number of nitrogens with zero attached hydrogens (tertiary/aromatic N) is 2. The van der Waals surface area contributed by atoms with E-state index in [0.29, 0.717) is 0 Å². The molecule has 0 radical (unpaired) electrons. The smallest absolute Gasteiger partial charge is 0.0885 e. The largest absolute Gasteiger partial charge is 0.258 e. The molecule has 0 amide bonds. The van der Waals surface area contributed by atoms with Crippen LogP contribution in [0.15, 0.2) is 41.1 Å². The first kappa shape index (κ1) is 9.34. The minimum absolute atomic E-state index is 0.906. The lowest BCUT2D eigenvalue weighted by Crippen LogP contribution is -1.87. The van der Waals surface area contributed by atoms with E-state index in [2.05, 4.69) is 25.9 Å². The van der Waals surface area contributed by atoms with Gasteiger partial charge < -0.3 is 0 Å². The zero-order valence-electron chi connectivity index (χ0n) is 7.74. The molecular formula is C11H9BrN2. The van der Waals surface area contributed by atoms with Crippen molar-refractivity contribution in [3.63, 3.8) is 0 Å². The maximum absolute atomic E-state index is 4.30. The highest BCUT2D eigenvalue weighted by atomic mass is 79.9. The van der Waals surface area contributed by atoms with Gasteiger partial charge >= 0.3 is 0 Å². The highest BCUT2D eigenvalue weighted by molar-refractivity contribution is 9.10. The third-order valence-corrected chi connectivity index (χ3v) is 2.45. The van der Waals surface area contributed by atoms with Crippen LogP contribution in [0.1, 0.15) is 5.69 Å². The molecule has 0 unspecified atom stereocenters. The lowest BCUT2D eigenvalue weighted by Gasteiger charge is -2.00. The van der Waals surface area contributed by atoms with Gasteiger partial charge in [0, 0.05) is 16.2 Å². The van der Waals surface area contributed by atoms with Crippen molar-refractivity contribution in [2.75, 3.05) is 0 Å². The predicted molar refractivity (Wildman–Crippen MR) is 59.9 cm³/mol. The number of benzene rings is 1. The summed E-state index contributed by atoms with van der Waals surface area (Å²) in [5, 5.41) is 0. The van der Waals surface area contributed by atoms with Gasteiger partial charge in [-0.3, -0.25) is 9.97 Å². The summed E-state index contributed by atoms with van der Waals surface area (Å²) in [5.74, 6) is 0. The Balaban J connectivity index is 2.40. The fourth-order valence-electron chi connectivity index (χ4n) is 1.16. The fraction of sp³-hybridized carbons (Fsp3) is 0.0909. The van der Waals surface area contributed by atoms with Crippen LogP contribution in [0.4, 0.5) is 0 Å². The van der Waals surface area contributed by atoms with Crippen molar-refractivity contribution in [3.8, 4) is 11.3 Å². The van der Waals surface area contributed by atoms with Crippen LogP contribution in [0.2, 0.25) is 0 Å². The first-order valence-electron chi connectivity index (χ1n) is 4.30. The highest BCUT2D eigenvalue weighted by Gasteiger charge is 1.98. The monoisotopic (exact) mass is 248 g/mol. The second-order valence-corrected chi connectivity index (χ2v) is 3.97. The van der Waals surface area contributed by atoms with E-state index in [1.54, 1.807) is 12.4 Å². The van der Waals surface area contributed by atoms with Gasteiger partial charge in [-0.05, 0) is 19.1 Å². The average Bonchev–Trinajstić information content (AvgIpc) is 2.21. The van der Waals surface area contributed by atoms with Gasteiger partial charge in [-0.1, -0.05) is 28.1 Å². The molecule has 0 saturated carbocycles. The van der Waals surface area contributed by atoms with Crippen molar-refractivity contribution in [2.45, 2.75) is 6.92 Å². The molecule has 2 nitrogen and oxygen atoms in total. The third-order valence-electron chi connectivity index (χ3n) is 1.92. The van der Waals surface area contributed by atoms with Gasteiger partial charge in [0.2, 0.25) is 0 Å². The predicted octanol–water partition coefficient (Wildman–Crippen LogP) is 3.21. The Kier molecular flexibility index (Phi) is 2.59. The Labute approximate surface area is 91.2 Å². The Morgan fingerprint density at radius 2 is 1.71 bits per heavy atom. The topological polar surface area (TPSA) is 25.8 Å². The number of aromatic nitrogens is 2. The molecule has 14 heavy (non-hydrogen) atoms. The number of aryl methyl sites for hydroxylation is 1. The van der Waals surface area contributed by atoms with Gasteiger partial charge in [0.25, 0.3) is 0 Å². The van der Waals surface area contributed by atoms with E-state index in [-0.39, 0.29) is 0 Å². The third kappa shape index (κ3) is 1.99. The van der Waals surface area contributed by atoms with Crippen molar-refractivity contribution in [2.24, 2.45) is 0 Å². The summed E-state index contributed by atoms with van der Waals surface area (Å²) in [5.41, 5.74) is 2.93. The van der Waals surface area contributed by atoms with Crippen molar-refractivity contribution in [3.05, 3.63) is 46.8 Å². The first-order valence-corrected chi connectivity index (χ1v) is 5.09. The molecule has 0 aliphatic rings. The molecule has 0 fully saturated rings. The molecule has 0 aliphatic carbocycles. The van der Waals surface area contributed by atoms with Crippen LogP contribution in [-0.2, 0) is 0 Å². The maximum atomic E-state index is 4.30. The summed E-state index contributed by atoms with van der Waals surface area (Å²) in [6, 6.07) is 8.03. The van der Waals surface area contributed by atoms with E-state index in [0.717, 1.165) is 21.4 Å². The van der Waals surface area contributed by atoms with E-state index >= 15 is 0 Å². The van der Waals surface area contributed by atoms with Crippen LogP contribution in [0.25, 0.3) is 11.3 Å². The number of halogens is 1. The molecular weight excluding hydrogens is 240 g/mol. The van der Waals surface area contributed by atoms with Crippen LogP contribution < -0.4 is 0 Å². The molecule has 2 rings (SSSR count). The lowest BCUT2D eigenvalue weighted by molar-refractivity contribution is 1.12. The molecule has 2 aromatic rings. The van der Waals surface area contributed by atoms with Crippen LogP contribution >= 0.6 is 15.9 Å².